The fourth-order valence-electron chi connectivity index (χ4n) is 1.97. The van der Waals surface area contributed by atoms with Crippen molar-refractivity contribution in [2.24, 2.45) is 5.92 Å². The lowest BCUT2D eigenvalue weighted by atomic mass is 9.91. The molecular weight excluding hydrogens is 238 g/mol. The smallest absolute Gasteiger partial charge is 0.331 e. The number of carbonyl (C=O) groups excluding carboxylic acids is 1. The minimum atomic E-state index is -0.672. The van der Waals surface area contributed by atoms with Crippen LogP contribution in [0.25, 0.3) is 0 Å². The Morgan fingerprint density at radius 2 is 1.89 bits per heavy atom. The molecule has 0 saturated carbocycles. The molecule has 1 rings (SSSR count). The van der Waals surface area contributed by atoms with Gasteiger partial charge in [-0.2, -0.15) is 0 Å². The van der Waals surface area contributed by atoms with E-state index in [0.717, 1.165) is 18.5 Å². The molecule has 3 heteroatoms. The van der Waals surface area contributed by atoms with Gasteiger partial charge < -0.3 is 10.1 Å². The largest absolute Gasteiger partial charge is 0.467 e. The first kappa shape index (κ1) is 15.5. The number of hydrogen-bond donors (Lipinski definition) is 1. The summed E-state index contributed by atoms with van der Waals surface area (Å²) < 4.78 is 4.94. The van der Waals surface area contributed by atoms with E-state index < -0.39 is 5.54 Å². The van der Waals surface area contributed by atoms with Gasteiger partial charge >= 0.3 is 5.97 Å². The van der Waals surface area contributed by atoms with E-state index in [-0.39, 0.29) is 5.97 Å². The molecule has 1 aromatic carbocycles. The standard InChI is InChI=1S/C16H25NO2/c1-12(2)10-11-16(4,15(18)19-5)17-14-8-6-13(3)7-9-14/h6-9,12,17H,10-11H2,1-5H3. The fourth-order valence-corrected chi connectivity index (χ4v) is 1.97. The van der Waals surface area contributed by atoms with E-state index in [0.29, 0.717) is 5.92 Å². The summed E-state index contributed by atoms with van der Waals surface area (Å²) >= 11 is 0. The van der Waals surface area contributed by atoms with Gasteiger partial charge in [-0.3, -0.25) is 0 Å². The Hall–Kier alpha value is -1.51. The minimum absolute atomic E-state index is 0.214. The molecule has 0 spiro atoms. The van der Waals surface area contributed by atoms with Gasteiger partial charge in [0.2, 0.25) is 0 Å². The Balaban J connectivity index is 2.84. The maximum Gasteiger partial charge on any atom is 0.331 e. The van der Waals surface area contributed by atoms with Crippen LogP contribution in [0.3, 0.4) is 0 Å². The van der Waals surface area contributed by atoms with Crippen LogP contribution in [-0.4, -0.2) is 18.6 Å². The number of nitrogens with one attached hydrogen (secondary N) is 1. The first-order chi connectivity index (χ1) is 8.87. The fraction of sp³-hybridized carbons (Fsp3) is 0.562. The lowest BCUT2D eigenvalue weighted by Gasteiger charge is -2.29. The van der Waals surface area contributed by atoms with Crippen LogP contribution >= 0.6 is 0 Å². The van der Waals surface area contributed by atoms with E-state index in [1.165, 1.54) is 12.7 Å². The highest BCUT2D eigenvalue weighted by Gasteiger charge is 2.34. The first-order valence-corrected chi connectivity index (χ1v) is 6.80. The average molecular weight is 263 g/mol. The van der Waals surface area contributed by atoms with Gasteiger partial charge in [0.05, 0.1) is 7.11 Å². The minimum Gasteiger partial charge on any atom is -0.467 e. The predicted molar refractivity (Wildman–Crippen MR) is 79.3 cm³/mol. The Labute approximate surface area is 116 Å². The SMILES string of the molecule is COC(=O)C(C)(CCC(C)C)Nc1ccc(C)cc1. The van der Waals surface area contributed by atoms with E-state index in [2.05, 4.69) is 19.2 Å². The van der Waals surface area contributed by atoms with Gasteiger partial charge in [-0.1, -0.05) is 31.5 Å². The van der Waals surface area contributed by atoms with Crippen LogP contribution in [0.1, 0.15) is 39.2 Å². The van der Waals surface area contributed by atoms with Gasteiger partial charge in [-0.05, 0) is 44.7 Å². The second-order valence-corrected chi connectivity index (χ2v) is 5.75. The Bertz CT molecular complexity index is 411. The van der Waals surface area contributed by atoms with Crippen molar-refractivity contribution in [1.82, 2.24) is 0 Å². The number of esters is 1. The van der Waals surface area contributed by atoms with Crippen molar-refractivity contribution >= 4 is 11.7 Å². The summed E-state index contributed by atoms with van der Waals surface area (Å²) in [5.41, 5.74) is 1.48. The molecule has 0 aliphatic rings. The Morgan fingerprint density at radius 3 is 2.37 bits per heavy atom. The molecule has 19 heavy (non-hydrogen) atoms. The second-order valence-electron chi connectivity index (χ2n) is 5.75. The highest BCUT2D eigenvalue weighted by atomic mass is 16.5. The summed E-state index contributed by atoms with van der Waals surface area (Å²) in [5.74, 6) is 0.345. The molecule has 0 amide bonds. The normalized spacial score (nSPS) is 14.0. The summed E-state index contributed by atoms with van der Waals surface area (Å²) in [5, 5.41) is 3.31. The zero-order valence-electron chi connectivity index (χ0n) is 12.6. The molecular formula is C16H25NO2. The molecule has 1 atom stereocenters. The molecule has 106 valence electrons. The number of benzene rings is 1. The number of aryl methyl sites for hydroxylation is 1. The molecule has 0 bridgehead atoms. The van der Waals surface area contributed by atoms with Gasteiger partial charge in [0.1, 0.15) is 5.54 Å². The van der Waals surface area contributed by atoms with Crippen molar-refractivity contribution in [1.29, 1.82) is 0 Å². The highest BCUT2D eigenvalue weighted by Crippen LogP contribution is 2.24. The van der Waals surface area contributed by atoms with E-state index in [4.69, 9.17) is 4.74 Å². The molecule has 0 radical (unpaired) electrons. The number of carbonyl (C=O) groups is 1. The van der Waals surface area contributed by atoms with Crippen LogP contribution in [0.15, 0.2) is 24.3 Å². The lowest BCUT2D eigenvalue weighted by Crippen LogP contribution is -2.44. The number of methoxy groups -OCH3 is 1. The quantitative estimate of drug-likeness (QED) is 0.794. The van der Waals surface area contributed by atoms with Gasteiger partial charge in [-0.25, -0.2) is 4.79 Å². The maximum atomic E-state index is 12.0. The van der Waals surface area contributed by atoms with Crippen molar-refractivity contribution in [3.05, 3.63) is 29.8 Å². The summed E-state index contributed by atoms with van der Waals surface area (Å²) in [6, 6.07) is 8.04. The van der Waals surface area contributed by atoms with Gasteiger partial charge in [0.25, 0.3) is 0 Å². The number of hydrogen-bond acceptors (Lipinski definition) is 3. The topological polar surface area (TPSA) is 38.3 Å². The van der Waals surface area contributed by atoms with Crippen LogP contribution in [0.2, 0.25) is 0 Å². The van der Waals surface area contributed by atoms with Crippen molar-refractivity contribution in [3.63, 3.8) is 0 Å². The molecule has 0 aliphatic heterocycles. The number of rotatable bonds is 6. The third-order valence-electron chi connectivity index (χ3n) is 3.33. The molecule has 0 heterocycles. The van der Waals surface area contributed by atoms with Crippen molar-refractivity contribution in [3.8, 4) is 0 Å². The Kier molecular flexibility index (Phi) is 5.40. The summed E-state index contributed by atoms with van der Waals surface area (Å²) in [6.07, 6.45) is 1.73. The summed E-state index contributed by atoms with van der Waals surface area (Å²) in [7, 11) is 1.44. The summed E-state index contributed by atoms with van der Waals surface area (Å²) in [6.45, 7) is 8.26. The number of anilines is 1. The molecule has 0 fully saturated rings. The van der Waals surface area contributed by atoms with Crippen molar-refractivity contribution < 1.29 is 9.53 Å². The average Bonchev–Trinajstić information content (AvgIpc) is 2.38. The number of ether oxygens (including phenoxy) is 1. The zero-order valence-corrected chi connectivity index (χ0v) is 12.6. The van der Waals surface area contributed by atoms with Crippen LogP contribution < -0.4 is 5.32 Å². The third kappa shape index (κ3) is 4.58. The molecule has 1 N–H and O–H groups in total. The third-order valence-corrected chi connectivity index (χ3v) is 3.33. The van der Waals surface area contributed by atoms with E-state index in [9.17, 15) is 4.79 Å². The maximum absolute atomic E-state index is 12.0. The molecule has 3 nitrogen and oxygen atoms in total. The van der Waals surface area contributed by atoms with Gasteiger partial charge in [0, 0.05) is 5.69 Å². The summed E-state index contributed by atoms with van der Waals surface area (Å²) in [4.78, 5) is 12.0. The van der Waals surface area contributed by atoms with E-state index in [1.54, 1.807) is 0 Å². The first-order valence-electron chi connectivity index (χ1n) is 6.80. The highest BCUT2D eigenvalue weighted by molar-refractivity contribution is 5.83. The van der Waals surface area contributed by atoms with Crippen LogP contribution in [0, 0.1) is 12.8 Å². The predicted octanol–water partition coefficient (Wildman–Crippen LogP) is 3.77. The van der Waals surface area contributed by atoms with Crippen molar-refractivity contribution in [2.45, 2.75) is 46.1 Å². The van der Waals surface area contributed by atoms with Crippen molar-refractivity contribution in [2.75, 3.05) is 12.4 Å². The monoisotopic (exact) mass is 263 g/mol. The lowest BCUT2D eigenvalue weighted by molar-refractivity contribution is -0.145. The molecule has 0 saturated heterocycles. The zero-order chi connectivity index (χ0) is 14.5. The van der Waals surface area contributed by atoms with Gasteiger partial charge in [0.15, 0.2) is 0 Å². The molecule has 0 aliphatic carbocycles. The van der Waals surface area contributed by atoms with Crippen LogP contribution in [-0.2, 0) is 9.53 Å². The second kappa shape index (κ2) is 6.60. The van der Waals surface area contributed by atoms with Crippen LogP contribution in [0.4, 0.5) is 5.69 Å². The van der Waals surface area contributed by atoms with E-state index in [1.807, 2.05) is 38.1 Å². The van der Waals surface area contributed by atoms with Gasteiger partial charge in [-0.15, -0.1) is 0 Å². The molecule has 0 aromatic heterocycles. The Morgan fingerprint density at radius 1 is 1.32 bits per heavy atom. The van der Waals surface area contributed by atoms with Crippen LogP contribution in [0.5, 0.6) is 0 Å². The van der Waals surface area contributed by atoms with E-state index >= 15 is 0 Å². The molecule has 1 aromatic rings. The molecule has 1 unspecified atom stereocenters.